The first kappa shape index (κ1) is 45.4. The Hall–Kier alpha value is -4.61. The van der Waals surface area contributed by atoms with Crippen molar-refractivity contribution in [1.29, 1.82) is 0 Å². The molecule has 0 bridgehead atoms. The van der Waals surface area contributed by atoms with E-state index in [-0.39, 0.29) is 15.6 Å². The summed E-state index contributed by atoms with van der Waals surface area (Å²) in [6.45, 7) is 11.7. The minimum atomic E-state index is -1.93. The lowest BCUT2D eigenvalue weighted by Crippen LogP contribution is -2.04. The average Bonchev–Trinajstić information content (AvgIpc) is 3.17. The van der Waals surface area contributed by atoms with Crippen LogP contribution in [0.1, 0.15) is 19.5 Å². The van der Waals surface area contributed by atoms with E-state index in [0.29, 0.717) is 53.4 Å². The van der Waals surface area contributed by atoms with Crippen LogP contribution in [0, 0.1) is 12.8 Å². The smallest absolute Gasteiger partial charge is 0.463 e. The van der Waals surface area contributed by atoms with Gasteiger partial charge in [-0.25, -0.2) is 0 Å². The minimum Gasteiger partial charge on any atom is -0.499 e. The van der Waals surface area contributed by atoms with Gasteiger partial charge in [-0.1, -0.05) is 73.9 Å². The normalized spacial score (nSPS) is 10.6. The van der Waals surface area contributed by atoms with Crippen molar-refractivity contribution in [2.24, 2.45) is 0 Å². The van der Waals surface area contributed by atoms with E-state index in [1.807, 2.05) is 68.5 Å². The second-order valence-corrected chi connectivity index (χ2v) is 10.5. The lowest BCUT2D eigenvalue weighted by molar-refractivity contribution is 0.223. The summed E-state index contributed by atoms with van der Waals surface area (Å²) in [5, 5.41) is 0. The van der Waals surface area contributed by atoms with E-state index in [1.165, 1.54) is 0 Å². The number of para-hydroxylation sites is 4. The first-order valence-electron chi connectivity index (χ1n) is 15.1. The van der Waals surface area contributed by atoms with E-state index < -0.39 is 8.60 Å². The molecule has 2 aromatic carbocycles. The molecule has 0 aliphatic heterocycles. The van der Waals surface area contributed by atoms with Crippen LogP contribution in [0.25, 0.3) is 0 Å². The van der Waals surface area contributed by atoms with Gasteiger partial charge in [0, 0.05) is 13.3 Å². The van der Waals surface area contributed by atoms with E-state index >= 15 is 0 Å². The number of rotatable bonds is 19. The van der Waals surface area contributed by atoms with E-state index in [9.17, 15) is 0 Å². The summed E-state index contributed by atoms with van der Waals surface area (Å²) < 4.78 is 50.3. The van der Waals surface area contributed by atoms with Crippen LogP contribution in [0.4, 0.5) is 0 Å². The molecule has 3 aromatic rings. The molecule has 50 heavy (non-hydrogen) atoms. The Balaban J connectivity index is 0.00000145. The Morgan fingerprint density at radius 1 is 0.800 bits per heavy atom. The third-order valence-corrected chi connectivity index (χ3v) is 7.11. The van der Waals surface area contributed by atoms with Crippen molar-refractivity contribution in [1.82, 2.24) is 4.98 Å². The van der Waals surface area contributed by atoms with Gasteiger partial charge in [-0.05, 0) is 56.3 Å². The predicted octanol–water partition coefficient (Wildman–Crippen LogP) is 9.83. The molecule has 0 spiro atoms. The maximum Gasteiger partial charge on any atom is 0.463 e. The SMILES string of the molecule is C#C.C/C=C(\COPOc1cccnc1COP(Oc1ccccc1OC)Oc1ccccc1OC)OC.C/C=C\C=C/COC.C=CC=C. The van der Waals surface area contributed by atoms with Crippen LogP contribution in [0.5, 0.6) is 28.7 Å². The number of hydrogen-bond acceptors (Lipinski definition) is 10. The number of benzene rings is 2. The molecule has 0 aliphatic carbocycles. The molecular weight excluding hydrogens is 676 g/mol. The van der Waals surface area contributed by atoms with Gasteiger partial charge in [-0.15, -0.1) is 12.8 Å². The van der Waals surface area contributed by atoms with Crippen LogP contribution < -0.4 is 23.0 Å². The molecule has 12 heteroatoms. The van der Waals surface area contributed by atoms with Gasteiger partial charge in [-0.2, -0.15) is 0 Å². The maximum absolute atomic E-state index is 6.08. The Kier molecular flexibility index (Phi) is 28.7. The molecule has 0 fully saturated rings. The zero-order chi connectivity index (χ0) is 37.2. The van der Waals surface area contributed by atoms with Crippen molar-refractivity contribution in [2.45, 2.75) is 20.5 Å². The number of nitrogens with zero attached hydrogens (tertiary/aromatic N) is 1. The molecule has 270 valence electrons. The summed E-state index contributed by atoms with van der Waals surface area (Å²) in [4.78, 5) is 4.39. The number of allylic oxidation sites excluding steroid dienone is 6. The quantitative estimate of drug-likeness (QED) is 0.0391. The number of pyridine rings is 1. The van der Waals surface area contributed by atoms with Crippen molar-refractivity contribution >= 4 is 17.6 Å². The highest BCUT2D eigenvalue weighted by Crippen LogP contribution is 2.47. The topological polar surface area (TPSA) is 96.0 Å². The summed E-state index contributed by atoms with van der Waals surface area (Å²) >= 11 is 0. The van der Waals surface area contributed by atoms with Crippen molar-refractivity contribution in [3.05, 3.63) is 134 Å². The number of hydrogen-bond donors (Lipinski definition) is 0. The van der Waals surface area contributed by atoms with Crippen LogP contribution in [-0.4, -0.2) is 46.6 Å². The highest BCUT2D eigenvalue weighted by Gasteiger charge is 2.22. The van der Waals surface area contributed by atoms with Crippen LogP contribution in [0.2, 0.25) is 0 Å². The third kappa shape index (κ3) is 20.0. The molecule has 0 amide bonds. The van der Waals surface area contributed by atoms with Crippen LogP contribution >= 0.6 is 17.6 Å². The van der Waals surface area contributed by atoms with Gasteiger partial charge in [0.1, 0.15) is 30.4 Å². The Labute approximate surface area is 301 Å². The molecule has 0 radical (unpaired) electrons. The number of ether oxygens (including phenoxy) is 4. The van der Waals surface area contributed by atoms with Gasteiger partial charge in [0.05, 0.1) is 27.9 Å². The largest absolute Gasteiger partial charge is 0.499 e. The Morgan fingerprint density at radius 2 is 1.36 bits per heavy atom. The van der Waals surface area contributed by atoms with E-state index in [0.717, 1.165) is 0 Å². The lowest BCUT2D eigenvalue weighted by Gasteiger charge is -2.20. The van der Waals surface area contributed by atoms with Crippen molar-refractivity contribution in [2.75, 3.05) is 41.7 Å². The molecule has 3 rings (SSSR count). The first-order valence-corrected chi connectivity index (χ1v) is 17.0. The lowest BCUT2D eigenvalue weighted by atomic mass is 10.3. The average molecular weight is 726 g/mol. The molecule has 10 nitrogen and oxygen atoms in total. The highest BCUT2D eigenvalue weighted by atomic mass is 31.2. The van der Waals surface area contributed by atoms with Gasteiger partial charge in [-0.3, -0.25) is 9.51 Å². The maximum atomic E-state index is 6.08. The summed E-state index contributed by atoms with van der Waals surface area (Å²) in [6.07, 6.45) is 22.6. The zero-order valence-corrected chi connectivity index (χ0v) is 31.5. The monoisotopic (exact) mass is 725 g/mol. The van der Waals surface area contributed by atoms with Gasteiger partial charge in [0.25, 0.3) is 0 Å². The van der Waals surface area contributed by atoms with Gasteiger partial charge in [0.15, 0.2) is 23.0 Å². The Bertz CT molecular complexity index is 1390. The molecule has 1 heterocycles. The minimum absolute atomic E-state index is 0.0643. The van der Waals surface area contributed by atoms with Crippen LogP contribution in [0.15, 0.2) is 128 Å². The molecule has 0 aliphatic rings. The van der Waals surface area contributed by atoms with Crippen LogP contribution in [0.3, 0.4) is 0 Å². The zero-order valence-electron chi connectivity index (χ0n) is 29.7. The molecular formula is C38H49NO9P2. The molecule has 1 atom stereocenters. The predicted molar refractivity (Wildman–Crippen MR) is 205 cm³/mol. The summed E-state index contributed by atoms with van der Waals surface area (Å²) in [6, 6.07) is 18.1. The molecule has 0 saturated heterocycles. The van der Waals surface area contributed by atoms with E-state index in [1.54, 1.807) is 83.2 Å². The summed E-state index contributed by atoms with van der Waals surface area (Å²) in [5.41, 5.74) is 0.561. The number of methoxy groups -OCH3 is 4. The molecule has 0 N–H and O–H groups in total. The summed E-state index contributed by atoms with van der Waals surface area (Å²) in [7, 11) is 4.23. The van der Waals surface area contributed by atoms with Crippen molar-refractivity contribution in [3.63, 3.8) is 0 Å². The van der Waals surface area contributed by atoms with Crippen LogP contribution in [-0.2, 0) is 25.1 Å². The second kappa shape index (κ2) is 31.6. The second-order valence-electron chi connectivity index (χ2n) is 8.74. The molecule has 1 aromatic heterocycles. The fourth-order valence-corrected chi connectivity index (χ4v) is 4.66. The fraction of sp³-hybridized carbons (Fsp3) is 0.237. The molecule has 0 saturated carbocycles. The number of aromatic nitrogens is 1. The van der Waals surface area contributed by atoms with Gasteiger partial charge >= 0.3 is 8.60 Å². The standard InChI is InChI=1S/C25H29NO8P2.C7H12O.C4H6.C2H2/c1-5-19(27-2)17-30-35-32-21-15-10-16-26-20(21)18-31-36(33-24-13-8-6-11-22(24)28-3)34-25-14-9-7-12-23(25)29-4;1-3-4-5-6-7-8-2;1-3-4-2;1-2/h5-16,35H,17-18H2,1-4H3;3-6H,7H2,1-2H3;3-4H,1-2H2;1-2H/b19-5+;4-3-,6-5-;;. The van der Waals surface area contributed by atoms with Gasteiger partial charge in [0.2, 0.25) is 9.03 Å². The Morgan fingerprint density at radius 3 is 1.84 bits per heavy atom. The van der Waals surface area contributed by atoms with E-state index in [4.69, 9.17) is 41.6 Å². The molecule has 1 unspecified atom stereocenters. The fourth-order valence-electron chi connectivity index (χ4n) is 3.14. The van der Waals surface area contributed by atoms with Crippen molar-refractivity contribution in [3.8, 4) is 41.6 Å². The van der Waals surface area contributed by atoms with Gasteiger partial charge < -0.3 is 37.0 Å². The van der Waals surface area contributed by atoms with E-state index in [2.05, 4.69) is 31.0 Å². The van der Waals surface area contributed by atoms with Crippen molar-refractivity contribution < 1.29 is 41.6 Å². The summed E-state index contributed by atoms with van der Waals surface area (Å²) in [5.74, 6) is 3.30. The highest BCUT2D eigenvalue weighted by molar-refractivity contribution is 7.42. The third-order valence-electron chi connectivity index (χ3n) is 5.52. The first-order chi connectivity index (χ1) is 24.5. The number of terminal acetylenes is 1.